The van der Waals surface area contributed by atoms with Gasteiger partial charge in [-0.05, 0) is 24.1 Å². The Kier molecular flexibility index (Phi) is 4.88. The Hall–Kier alpha value is -1.99. The molecule has 5 nitrogen and oxygen atoms in total. The molecule has 1 fully saturated rings. The van der Waals surface area contributed by atoms with E-state index in [4.69, 9.17) is 5.11 Å². The Balaban J connectivity index is 1.58. The first-order chi connectivity index (χ1) is 11.1. The van der Waals surface area contributed by atoms with Gasteiger partial charge in [0.2, 0.25) is 0 Å². The second-order valence-corrected chi connectivity index (χ2v) is 6.77. The first-order valence-electron chi connectivity index (χ1n) is 7.50. The van der Waals surface area contributed by atoms with E-state index in [1.807, 2.05) is 6.07 Å². The molecule has 1 aliphatic rings. The van der Waals surface area contributed by atoms with Crippen LogP contribution in [0, 0.1) is 11.7 Å². The van der Waals surface area contributed by atoms with Gasteiger partial charge in [-0.15, -0.1) is 11.3 Å². The van der Waals surface area contributed by atoms with Crippen molar-refractivity contribution >= 4 is 22.5 Å². The summed E-state index contributed by atoms with van der Waals surface area (Å²) in [4.78, 5) is 19.0. The number of aromatic nitrogens is 1. The molecule has 0 radical (unpaired) electrons. The average Bonchev–Trinajstić information content (AvgIpc) is 3.16. The van der Waals surface area contributed by atoms with E-state index >= 15 is 0 Å². The SMILES string of the molecule is O=C(Nc1ncc(Cc2cccc(F)c2)s1)N1CC[C@H](CO)C1. The van der Waals surface area contributed by atoms with Gasteiger partial charge in [0, 0.05) is 43.1 Å². The molecule has 0 spiro atoms. The van der Waals surface area contributed by atoms with Crippen molar-refractivity contribution in [3.8, 4) is 0 Å². The largest absolute Gasteiger partial charge is 0.396 e. The highest BCUT2D eigenvalue weighted by Gasteiger charge is 2.26. The minimum Gasteiger partial charge on any atom is -0.396 e. The van der Waals surface area contributed by atoms with Crippen LogP contribution in [0.5, 0.6) is 0 Å². The number of likely N-dealkylation sites (tertiary alicyclic amines) is 1. The molecule has 2 heterocycles. The van der Waals surface area contributed by atoms with Crippen LogP contribution in [0.15, 0.2) is 30.5 Å². The van der Waals surface area contributed by atoms with Gasteiger partial charge in [0.25, 0.3) is 0 Å². The number of nitrogens with one attached hydrogen (secondary N) is 1. The zero-order valence-corrected chi connectivity index (χ0v) is 13.4. The third-order valence-corrected chi connectivity index (χ3v) is 4.78. The molecule has 2 amide bonds. The number of nitrogens with zero attached hydrogens (tertiary/aromatic N) is 2. The zero-order valence-electron chi connectivity index (χ0n) is 12.5. The second-order valence-electron chi connectivity index (χ2n) is 5.65. The van der Waals surface area contributed by atoms with Gasteiger partial charge in [-0.1, -0.05) is 12.1 Å². The van der Waals surface area contributed by atoms with Crippen molar-refractivity contribution in [3.63, 3.8) is 0 Å². The number of carbonyl (C=O) groups excluding carboxylic acids is 1. The van der Waals surface area contributed by atoms with Gasteiger partial charge in [0.05, 0.1) is 0 Å². The number of hydrogen-bond donors (Lipinski definition) is 2. The fourth-order valence-corrected chi connectivity index (χ4v) is 3.47. The predicted octanol–water partition coefficient (Wildman–Crippen LogP) is 2.72. The predicted molar refractivity (Wildman–Crippen MR) is 87.1 cm³/mol. The van der Waals surface area contributed by atoms with Crippen LogP contribution in [0.25, 0.3) is 0 Å². The summed E-state index contributed by atoms with van der Waals surface area (Å²) in [7, 11) is 0. The lowest BCUT2D eigenvalue weighted by Gasteiger charge is -2.15. The van der Waals surface area contributed by atoms with Crippen LogP contribution in [0.3, 0.4) is 0 Å². The first kappa shape index (κ1) is 15.9. The molecule has 0 saturated carbocycles. The van der Waals surface area contributed by atoms with Crippen LogP contribution in [-0.4, -0.2) is 40.7 Å². The van der Waals surface area contributed by atoms with E-state index in [1.165, 1.54) is 23.5 Å². The number of urea groups is 1. The van der Waals surface area contributed by atoms with Crippen molar-refractivity contribution in [2.24, 2.45) is 5.92 Å². The maximum atomic E-state index is 13.2. The minimum atomic E-state index is -0.256. The molecule has 1 aromatic carbocycles. The first-order valence-corrected chi connectivity index (χ1v) is 8.31. The van der Waals surface area contributed by atoms with E-state index in [-0.39, 0.29) is 24.4 Å². The summed E-state index contributed by atoms with van der Waals surface area (Å²) in [6.07, 6.45) is 3.11. The third-order valence-electron chi connectivity index (χ3n) is 3.87. The van der Waals surface area contributed by atoms with E-state index < -0.39 is 0 Å². The molecule has 1 saturated heterocycles. The molecule has 1 atom stereocenters. The van der Waals surface area contributed by atoms with E-state index in [0.717, 1.165) is 16.9 Å². The summed E-state index contributed by atoms with van der Waals surface area (Å²) in [5, 5.41) is 12.4. The van der Waals surface area contributed by atoms with Gasteiger partial charge in [0.15, 0.2) is 5.13 Å². The second kappa shape index (κ2) is 7.06. The molecule has 1 aromatic heterocycles. The molecule has 23 heavy (non-hydrogen) atoms. The van der Waals surface area contributed by atoms with E-state index in [9.17, 15) is 9.18 Å². The summed E-state index contributed by atoms with van der Waals surface area (Å²) in [6.45, 7) is 1.33. The minimum absolute atomic E-state index is 0.110. The summed E-state index contributed by atoms with van der Waals surface area (Å²) < 4.78 is 13.2. The topological polar surface area (TPSA) is 65.5 Å². The molecule has 3 rings (SSSR count). The number of amides is 2. The Bertz CT molecular complexity index is 691. The number of thiazole rings is 1. The lowest BCUT2D eigenvalue weighted by molar-refractivity contribution is 0.209. The van der Waals surface area contributed by atoms with Crippen molar-refractivity contribution in [1.82, 2.24) is 9.88 Å². The van der Waals surface area contributed by atoms with Crippen LogP contribution in [-0.2, 0) is 6.42 Å². The number of rotatable bonds is 4. The molecule has 0 unspecified atom stereocenters. The van der Waals surface area contributed by atoms with E-state index in [2.05, 4.69) is 10.3 Å². The average molecular weight is 335 g/mol. The van der Waals surface area contributed by atoms with E-state index in [1.54, 1.807) is 17.2 Å². The summed E-state index contributed by atoms with van der Waals surface area (Å²) >= 11 is 1.39. The van der Waals surface area contributed by atoms with Gasteiger partial charge in [0.1, 0.15) is 5.82 Å². The highest BCUT2D eigenvalue weighted by molar-refractivity contribution is 7.15. The molecular formula is C16H18FN3O2S. The van der Waals surface area contributed by atoms with Crippen LogP contribution < -0.4 is 5.32 Å². The van der Waals surface area contributed by atoms with E-state index in [0.29, 0.717) is 24.6 Å². The zero-order chi connectivity index (χ0) is 16.2. The third kappa shape index (κ3) is 4.05. The van der Waals surface area contributed by atoms with Crippen LogP contribution >= 0.6 is 11.3 Å². The Morgan fingerprint density at radius 3 is 3.13 bits per heavy atom. The maximum absolute atomic E-state index is 13.2. The Morgan fingerprint density at radius 2 is 2.39 bits per heavy atom. The van der Waals surface area contributed by atoms with Gasteiger partial charge in [-0.25, -0.2) is 14.2 Å². The van der Waals surface area contributed by atoms with Crippen molar-refractivity contribution in [2.75, 3.05) is 25.0 Å². The fraction of sp³-hybridized carbons (Fsp3) is 0.375. The lowest BCUT2D eigenvalue weighted by Crippen LogP contribution is -2.33. The molecule has 0 bridgehead atoms. The number of carbonyl (C=O) groups is 1. The lowest BCUT2D eigenvalue weighted by atomic mass is 10.1. The fourth-order valence-electron chi connectivity index (χ4n) is 2.63. The summed E-state index contributed by atoms with van der Waals surface area (Å²) in [5.74, 6) is -0.0893. The number of aliphatic hydroxyl groups is 1. The number of benzene rings is 1. The van der Waals surface area contributed by atoms with Crippen molar-refractivity contribution in [1.29, 1.82) is 0 Å². The van der Waals surface area contributed by atoms with Crippen LogP contribution in [0.4, 0.5) is 14.3 Å². The van der Waals surface area contributed by atoms with Crippen molar-refractivity contribution < 1.29 is 14.3 Å². The number of anilines is 1. The Labute approximate surface area is 137 Å². The highest BCUT2D eigenvalue weighted by Crippen LogP contribution is 2.23. The maximum Gasteiger partial charge on any atom is 0.323 e. The molecule has 122 valence electrons. The molecular weight excluding hydrogens is 317 g/mol. The molecule has 7 heteroatoms. The number of halogens is 1. The summed E-state index contributed by atoms with van der Waals surface area (Å²) in [6, 6.07) is 6.27. The van der Waals surface area contributed by atoms with Gasteiger partial charge in [-0.3, -0.25) is 5.32 Å². The monoisotopic (exact) mass is 335 g/mol. The number of aliphatic hydroxyl groups excluding tert-OH is 1. The standard InChI is InChI=1S/C16H18FN3O2S/c17-13-3-1-2-11(6-13)7-14-8-18-15(23-14)19-16(22)20-5-4-12(9-20)10-21/h1-3,6,8,12,21H,4-5,7,9-10H2,(H,18,19,22)/t12-/m0/s1. The number of hydrogen-bond acceptors (Lipinski definition) is 4. The molecule has 2 aromatic rings. The molecule has 2 N–H and O–H groups in total. The molecule has 1 aliphatic heterocycles. The normalized spacial score (nSPS) is 17.5. The van der Waals surface area contributed by atoms with Crippen molar-refractivity contribution in [3.05, 3.63) is 46.7 Å². The molecule has 0 aliphatic carbocycles. The van der Waals surface area contributed by atoms with Crippen molar-refractivity contribution in [2.45, 2.75) is 12.8 Å². The Morgan fingerprint density at radius 1 is 1.52 bits per heavy atom. The smallest absolute Gasteiger partial charge is 0.323 e. The van der Waals surface area contributed by atoms with Crippen LogP contribution in [0.2, 0.25) is 0 Å². The quantitative estimate of drug-likeness (QED) is 0.903. The van der Waals surface area contributed by atoms with Crippen LogP contribution in [0.1, 0.15) is 16.9 Å². The summed E-state index contributed by atoms with van der Waals surface area (Å²) in [5.41, 5.74) is 0.872. The van der Waals surface area contributed by atoms with Gasteiger partial charge >= 0.3 is 6.03 Å². The van der Waals surface area contributed by atoms with Gasteiger partial charge < -0.3 is 10.0 Å². The highest BCUT2D eigenvalue weighted by atomic mass is 32.1. The van der Waals surface area contributed by atoms with Gasteiger partial charge in [-0.2, -0.15) is 0 Å².